The average molecular weight is 264 g/mol. The van der Waals surface area contributed by atoms with Crippen molar-refractivity contribution in [2.75, 3.05) is 11.6 Å². The highest BCUT2D eigenvalue weighted by atomic mass is 15.5. The summed E-state index contributed by atoms with van der Waals surface area (Å²) in [5.74, 6) is 0. The number of pyridine rings is 1. The number of hydrogen-bond acceptors (Lipinski definition) is 2. The van der Waals surface area contributed by atoms with E-state index in [1.807, 2.05) is 30.6 Å². The second kappa shape index (κ2) is 5.37. The highest BCUT2D eigenvalue weighted by Gasteiger charge is 2.12. The van der Waals surface area contributed by atoms with Crippen molar-refractivity contribution in [3.8, 4) is 0 Å². The maximum absolute atomic E-state index is 4.11. The molecule has 20 heavy (non-hydrogen) atoms. The number of aryl methyl sites for hydroxylation is 1. The van der Waals surface area contributed by atoms with Gasteiger partial charge in [0.15, 0.2) is 0 Å². The predicted octanol–water partition coefficient (Wildman–Crippen LogP) is 3.82. The first kappa shape index (κ1) is 12.7. The number of aromatic nitrogens is 2. The van der Waals surface area contributed by atoms with E-state index in [1.165, 1.54) is 16.5 Å². The Morgan fingerprint density at radius 2 is 2.05 bits per heavy atom. The first-order valence-electron chi connectivity index (χ1n) is 6.97. The van der Waals surface area contributed by atoms with Crippen LogP contribution < -0.4 is 5.01 Å². The normalized spacial score (nSPS) is 10.9. The van der Waals surface area contributed by atoms with Gasteiger partial charge in [-0.15, -0.1) is 0 Å². The number of fused-ring (bicyclic) bond motifs is 1. The third kappa shape index (κ3) is 2.16. The number of hydrogen-bond donors (Lipinski definition) is 0. The zero-order valence-electron chi connectivity index (χ0n) is 11.9. The lowest BCUT2D eigenvalue weighted by Crippen LogP contribution is -2.29. The summed E-state index contributed by atoms with van der Waals surface area (Å²) in [5.41, 5.74) is 3.64. The number of anilines is 1. The van der Waals surface area contributed by atoms with Crippen LogP contribution in [0.2, 0.25) is 0 Å². The van der Waals surface area contributed by atoms with Gasteiger partial charge in [-0.3, -0.25) is 14.7 Å². The van der Waals surface area contributed by atoms with Crippen LogP contribution in [0.15, 0.2) is 48.9 Å². The van der Waals surface area contributed by atoms with Gasteiger partial charge in [-0.25, -0.2) is 0 Å². The Morgan fingerprint density at radius 1 is 1.25 bits per heavy atom. The zero-order chi connectivity index (χ0) is 13.9. The van der Waals surface area contributed by atoms with Gasteiger partial charge in [-0.2, -0.15) is 0 Å². The monoisotopic (exact) mass is 264 g/mol. The van der Waals surface area contributed by atoms with E-state index in [-0.39, 0.29) is 0 Å². The molecular weight excluding hydrogens is 246 g/mol. The fourth-order valence-corrected chi connectivity index (χ4v) is 2.55. The molecule has 2 aromatic heterocycles. The maximum Gasteiger partial charge on any atom is 0.0701 e. The molecule has 1 radical (unpaired) electrons. The number of benzene rings is 1. The SMILES string of the molecule is CCCN(c1ccncc1)n1cc(C)c2c[c]ccc21. The molecule has 0 fully saturated rings. The van der Waals surface area contributed by atoms with E-state index < -0.39 is 0 Å². The standard InChI is InChI=1S/C17H18N3/c1-3-12-19(15-8-10-18-11-9-15)20-13-14(2)16-6-4-5-7-17(16)20/h5-11,13H,3,12H2,1-2H3. The summed E-state index contributed by atoms with van der Waals surface area (Å²) in [5, 5.41) is 3.54. The molecular formula is C17H18N3. The van der Waals surface area contributed by atoms with E-state index in [9.17, 15) is 0 Å². The van der Waals surface area contributed by atoms with E-state index in [4.69, 9.17) is 0 Å². The lowest BCUT2D eigenvalue weighted by molar-refractivity contribution is 0.695. The van der Waals surface area contributed by atoms with Gasteiger partial charge in [-0.05, 0) is 49.2 Å². The highest BCUT2D eigenvalue weighted by Crippen LogP contribution is 2.24. The van der Waals surface area contributed by atoms with Gasteiger partial charge < -0.3 is 0 Å². The van der Waals surface area contributed by atoms with Crippen molar-refractivity contribution in [1.29, 1.82) is 0 Å². The molecule has 2 heterocycles. The summed E-state index contributed by atoms with van der Waals surface area (Å²) in [7, 11) is 0. The van der Waals surface area contributed by atoms with Gasteiger partial charge in [0, 0.05) is 30.5 Å². The van der Waals surface area contributed by atoms with Gasteiger partial charge in [0.05, 0.1) is 11.2 Å². The molecule has 1 aromatic carbocycles. The summed E-state index contributed by atoms with van der Waals surface area (Å²) < 4.78 is 2.23. The van der Waals surface area contributed by atoms with Crippen molar-refractivity contribution in [2.45, 2.75) is 20.3 Å². The zero-order valence-corrected chi connectivity index (χ0v) is 11.9. The van der Waals surface area contributed by atoms with Crippen LogP contribution in [0.3, 0.4) is 0 Å². The molecule has 3 heteroatoms. The summed E-state index contributed by atoms with van der Waals surface area (Å²) in [6.07, 6.45) is 6.95. The Bertz CT molecular complexity index is 701. The predicted molar refractivity (Wildman–Crippen MR) is 82.8 cm³/mol. The quantitative estimate of drug-likeness (QED) is 0.714. The minimum absolute atomic E-state index is 0.964. The highest BCUT2D eigenvalue weighted by molar-refractivity contribution is 5.84. The molecule has 0 saturated carbocycles. The minimum atomic E-state index is 0.964. The maximum atomic E-state index is 4.11. The van der Waals surface area contributed by atoms with Crippen molar-refractivity contribution in [3.05, 3.63) is 60.6 Å². The van der Waals surface area contributed by atoms with Gasteiger partial charge in [-0.1, -0.05) is 13.0 Å². The second-order valence-corrected chi connectivity index (χ2v) is 4.93. The van der Waals surface area contributed by atoms with Gasteiger partial charge in [0.2, 0.25) is 0 Å². The van der Waals surface area contributed by atoms with Crippen LogP contribution in [0.4, 0.5) is 5.69 Å². The van der Waals surface area contributed by atoms with Crippen LogP contribution in [0.5, 0.6) is 0 Å². The van der Waals surface area contributed by atoms with Crippen LogP contribution in [0, 0.1) is 13.0 Å². The largest absolute Gasteiger partial charge is 0.281 e. The van der Waals surface area contributed by atoms with Gasteiger partial charge in [0.25, 0.3) is 0 Å². The molecule has 0 saturated heterocycles. The molecule has 0 N–H and O–H groups in total. The van der Waals surface area contributed by atoms with Crippen LogP contribution in [0.1, 0.15) is 18.9 Å². The molecule has 0 aliphatic carbocycles. The molecule has 0 atom stereocenters. The van der Waals surface area contributed by atoms with E-state index in [1.54, 1.807) is 0 Å². The van der Waals surface area contributed by atoms with Crippen molar-refractivity contribution in [2.24, 2.45) is 0 Å². The number of nitrogens with zero attached hydrogens (tertiary/aromatic N) is 3. The van der Waals surface area contributed by atoms with Crippen molar-refractivity contribution >= 4 is 16.6 Å². The third-order valence-electron chi connectivity index (χ3n) is 3.48. The van der Waals surface area contributed by atoms with Crippen molar-refractivity contribution in [3.63, 3.8) is 0 Å². The van der Waals surface area contributed by atoms with Crippen LogP contribution in [-0.4, -0.2) is 16.2 Å². The van der Waals surface area contributed by atoms with Crippen LogP contribution in [-0.2, 0) is 0 Å². The van der Waals surface area contributed by atoms with E-state index >= 15 is 0 Å². The fraction of sp³-hybridized carbons (Fsp3) is 0.235. The molecule has 101 valence electrons. The summed E-state index contributed by atoms with van der Waals surface area (Å²) in [6, 6.07) is 13.4. The molecule has 3 nitrogen and oxygen atoms in total. The molecule has 0 aliphatic rings. The van der Waals surface area contributed by atoms with Crippen LogP contribution in [0.25, 0.3) is 10.9 Å². The first-order chi connectivity index (χ1) is 9.81. The third-order valence-corrected chi connectivity index (χ3v) is 3.48. The van der Waals surface area contributed by atoms with Crippen LogP contribution >= 0.6 is 0 Å². The Morgan fingerprint density at radius 3 is 2.80 bits per heavy atom. The Hall–Kier alpha value is -2.29. The lowest BCUT2D eigenvalue weighted by Gasteiger charge is -2.26. The summed E-state index contributed by atoms with van der Waals surface area (Å²) in [6.45, 7) is 5.30. The molecule has 3 aromatic rings. The fourth-order valence-electron chi connectivity index (χ4n) is 2.55. The van der Waals surface area contributed by atoms with Gasteiger partial charge >= 0.3 is 0 Å². The molecule has 3 rings (SSSR count). The Balaban J connectivity index is 2.15. The second-order valence-electron chi connectivity index (χ2n) is 4.93. The number of rotatable bonds is 4. The summed E-state index contributed by atoms with van der Waals surface area (Å²) >= 11 is 0. The average Bonchev–Trinajstić information content (AvgIpc) is 2.83. The molecule has 0 unspecified atom stereocenters. The molecule has 0 aliphatic heterocycles. The molecule has 0 bridgehead atoms. The smallest absolute Gasteiger partial charge is 0.0701 e. The lowest BCUT2D eigenvalue weighted by atomic mass is 10.2. The molecule has 0 amide bonds. The van der Waals surface area contributed by atoms with Crippen molar-refractivity contribution < 1.29 is 0 Å². The minimum Gasteiger partial charge on any atom is -0.281 e. The summed E-state index contributed by atoms with van der Waals surface area (Å²) in [4.78, 5) is 4.11. The first-order valence-corrected chi connectivity index (χ1v) is 6.97. The molecule has 0 spiro atoms. The van der Waals surface area contributed by atoms with E-state index in [0.29, 0.717) is 0 Å². The Labute approximate surface area is 119 Å². The van der Waals surface area contributed by atoms with Crippen molar-refractivity contribution in [1.82, 2.24) is 9.66 Å². The van der Waals surface area contributed by atoms with Gasteiger partial charge in [0.1, 0.15) is 0 Å². The topological polar surface area (TPSA) is 21.1 Å². The van der Waals surface area contributed by atoms with E-state index in [2.05, 4.69) is 52.9 Å². The van der Waals surface area contributed by atoms with E-state index in [0.717, 1.165) is 18.7 Å². The Kier molecular flexibility index (Phi) is 3.42.